The number of nitrogens with zero attached hydrogens (tertiary/aromatic N) is 2. The second-order valence-corrected chi connectivity index (χ2v) is 9.04. The quantitative estimate of drug-likeness (QED) is 0.638. The number of carbonyl (C=O) groups excluding carboxylic acids is 2. The number of nitrogens with one attached hydrogen (secondary N) is 1. The molecule has 3 heterocycles. The Morgan fingerprint density at radius 1 is 0.971 bits per heavy atom. The van der Waals surface area contributed by atoms with E-state index < -0.39 is 0 Å². The molecule has 1 fully saturated rings. The van der Waals surface area contributed by atoms with E-state index in [4.69, 9.17) is 4.74 Å². The molecule has 3 aromatic rings. The first-order valence-corrected chi connectivity index (χ1v) is 11.5. The van der Waals surface area contributed by atoms with Crippen LogP contribution in [0.5, 0.6) is 5.75 Å². The van der Waals surface area contributed by atoms with E-state index in [2.05, 4.69) is 5.32 Å². The molecule has 5 rings (SSSR count). The van der Waals surface area contributed by atoms with Crippen LogP contribution in [0.3, 0.4) is 0 Å². The third-order valence-electron chi connectivity index (χ3n) is 6.71. The van der Waals surface area contributed by atoms with E-state index in [1.807, 2.05) is 53.4 Å². The van der Waals surface area contributed by atoms with Gasteiger partial charge in [-0.3, -0.25) is 14.4 Å². The van der Waals surface area contributed by atoms with E-state index in [1.54, 1.807) is 29.9 Å². The van der Waals surface area contributed by atoms with Gasteiger partial charge in [0.15, 0.2) is 0 Å². The van der Waals surface area contributed by atoms with Gasteiger partial charge in [0.1, 0.15) is 11.4 Å². The third-order valence-corrected chi connectivity index (χ3v) is 6.71. The molecule has 34 heavy (non-hydrogen) atoms. The predicted octanol–water partition coefficient (Wildman–Crippen LogP) is 3.30. The summed E-state index contributed by atoms with van der Waals surface area (Å²) >= 11 is 0. The lowest BCUT2D eigenvalue weighted by molar-refractivity contribution is -0.115. The summed E-state index contributed by atoms with van der Waals surface area (Å²) in [5.74, 6) is 0.845. The zero-order valence-electron chi connectivity index (χ0n) is 19.1. The normalized spacial score (nSPS) is 18.7. The molecular weight excluding hydrogens is 430 g/mol. The van der Waals surface area contributed by atoms with Crippen molar-refractivity contribution < 1.29 is 14.3 Å². The molecule has 1 aromatic heterocycles. The second kappa shape index (κ2) is 9.17. The highest BCUT2D eigenvalue weighted by molar-refractivity contribution is 5.94. The second-order valence-electron chi connectivity index (χ2n) is 9.04. The van der Waals surface area contributed by atoms with Crippen LogP contribution in [0, 0.1) is 5.92 Å². The predicted molar refractivity (Wildman–Crippen MR) is 129 cm³/mol. The summed E-state index contributed by atoms with van der Waals surface area (Å²) in [5, 5.41) is 2.78. The van der Waals surface area contributed by atoms with E-state index in [-0.39, 0.29) is 35.6 Å². The minimum Gasteiger partial charge on any atom is -0.497 e. The number of rotatable bonds is 5. The number of methoxy groups -OCH3 is 1. The molecule has 174 valence electrons. The van der Waals surface area contributed by atoms with Crippen LogP contribution >= 0.6 is 0 Å². The molecule has 0 spiro atoms. The Morgan fingerprint density at radius 2 is 1.74 bits per heavy atom. The lowest BCUT2D eigenvalue weighted by atomic mass is 9.83. The molecule has 2 aliphatic heterocycles. The van der Waals surface area contributed by atoms with Gasteiger partial charge < -0.3 is 19.5 Å². The minimum absolute atomic E-state index is 0.0357. The van der Waals surface area contributed by atoms with Crippen LogP contribution in [-0.4, -0.2) is 41.5 Å². The van der Waals surface area contributed by atoms with Crippen molar-refractivity contribution in [1.82, 2.24) is 9.47 Å². The van der Waals surface area contributed by atoms with Crippen LogP contribution in [0.2, 0.25) is 0 Å². The number of piperidine rings is 1. The van der Waals surface area contributed by atoms with Gasteiger partial charge in [0.25, 0.3) is 11.5 Å². The third kappa shape index (κ3) is 4.33. The first-order valence-electron chi connectivity index (χ1n) is 11.5. The van der Waals surface area contributed by atoms with E-state index in [0.29, 0.717) is 30.9 Å². The van der Waals surface area contributed by atoms with Crippen molar-refractivity contribution in [2.75, 3.05) is 25.5 Å². The molecule has 2 unspecified atom stereocenters. The monoisotopic (exact) mass is 457 g/mol. The smallest absolute Gasteiger partial charge is 0.274 e. The highest BCUT2D eigenvalue weighted by atomic mass is 16.5. The summed E-state index contributed by atoms with van der Waals surface area (Å²) in [4.78, 5) is 40.7. The Balaban J connectivity index is 1.31. The van der Waals surface area contributed by atoms with Crippen LogP contribution in [0.15, 0.2) is 71.5 Å². The van der Waals surface area contributed by atoms with Crippen molar-refractivity contribution >= 4 is 17.5 Å². The van der Waals surface area contributed by atoms with Gasteiger partial charge in [0.05, 0.1) is 13.5 Å². The average Bonchev–Trinajstić information content (AvgIpc) is 2.86. The van der Waals surface area contributed by atoms with Gasteiger partial charge in [-0.05, 0) is 54.3 Å². The van der Waals surface area contributed by atoms with E-state index in [1.165, 1.54) is 0 Å². The van der Waals surface area contributed by atoms with Gasteiger partial charge in [-0.1, -0.05) is 30.3 Å². The average molecular weight is 458 g/mol. The summed E-state index contributed by atoms with van der Waals surface area (Å²) in [6, 6.07) is 20.2. The molecule has 0 saturated carbocycles. The number of hydrogen-bond donors (Lipinski definition) is 1. The van der Waals surface area contributed by atoms with Gasteiger partial charge in [0.2, 0.25) is 5.91 Å². The molecular formula is C27H27N3O4. The van der Waals surface area contributed by atoms with Crippen molar-refractivity contribution in [2.24, 2.45) is 5.92 Å². The molecule has 1 N–H and O–H groups in total. The Kier molecular flexibility index (Phi) is 5.92. The van der Waals surface area contributed by atoms with Crippen LogP contribution in [0.4, 0.5) is 5.69 Å². The van der Waals surface area contributed by atoms with Crippen LogP contribution < -0.4 is 15.6 Å². The summed E-state index contributed by atoms with van der Waals surface area (Å²) < 4.78 is 6.93. The van der Waals surface area contributed by atoms with Crippen LogP contribution in [-0.2, 0) is 17.8 Å². The number of fused-ring (bicyclic) bond motifs is 4. The molecule has 2 bridgehead atoms. The van der Waals surface area contributed by atoms with Gasteiger partial charge in [-0.15, -0.1) is 0 Å². The molecule has 0 radical (unpaired) electrons. The topological polar surface area (TPSA) is 80.6 Å². The standard InChI is InChI=1S/C27H27N3O4/c1-34-22-9-7-18(8-10-22)14-25(31)28-23-11-12-24-21-13-19(16-30(24)27(23)33)15-29(17-21)26(32)20-5-3-2-4-6-20/h2-12,19,21H,13-17H2,1H3,(H,28,31). The minimum atomic E-state index is -0.238. The SMILES string of the molecule is COc1ccc(CC(=O)Nc2ccc3n(c2=O)CC2CC3CN(C(=O)c3ccccc3)C2)cc1. The summed E-state index contributed by atoms with van der Waals surface area (Å²) in [7, 11) is 1.60. The Hall–Kier alpha value is -3.87. The molecule has 1 saturated heterocycles. The fourth-order valence-corrected chi connectivity index (χ4v) is 5.09. The van der Waals surface area contributed by atoms with Gasteiger partial charge in [-0.2, -0.15) is 0 Å². The Bertz CT molecular complexity index is 1270. The van der Waals surface area contributed by atoms with Crippen molar-refractivity contribution in [3.8, 4) is 5.75 Å². The summed E-state index contributed by atoms with van der Waals surface area (Å²) in [5.41, 5.74) is 2.57. The summed E-state index contributed by atoms with van der Waals surface area (Å²) in [6.45, 7) is 1.77. The zero-order chi connectivity index (χ0) is 23.7. The molecule has 2 aromatic carbocycles. The first kappa shape index (κ1) is 21.9. The highest BCUT2D eigenvalue weighted by Gasteiger charge is 2.37. The molecule has 7 heteroatoms. The molecule has 0 aliphatic carbocycles. The molecule has 2 atom stereocenters. The number of carbonyl (C=O) groups is 2. The molecule has 2 aliphatic rings. The maximum Gasteiger partial charge on any atom is 0.274 e. The largest absolute Gasteiger partial charge is 0.497 e. The van der Waals surface area contributed by atoms with E-state index in [0.717, 1.165) is 23.4 Å². The summed E-state index contributed by atoms with van der Waals surface area (Å²) in [6.07, 6.45) is 1.13. The van der Waals surface area contributed by atoms with Crippen molar-refractivity contribution in [3.05, 3.63) is 93.9 Å². The maximum absolute atomic E-state index is 13.2. The fourth-order valence-electron chi connectivity index (χ4n) is 5.09. The molecule has 7 nitrogen and oxygen atoms in total. The van der Waals surface area contributed by atoms with E-state index in [9.17, 15) is 14.4 Å². The zero-order valence-corrected chi connectivity index (χ0v) is 19.1. The lowest BCUT2D eigenvalue weighted by Gasteiger charge is -2.43. The first-order chi connectivity index (χ1) is 16.5. The Labute approximate surface area is 198 Å². The highest BCUT2D eigenvalue weighted by Crippen LogP contribution is 2.36. The van der Waals surface area contributed by atoms with Crippen LogP contribution in [0.1, 0.15) is 34.0 Å². The number of ether oxygens (including phenoxy) is 1. The number of anilines is 1. The number of amides is 2. The van der Waals surface area contributed by atoms with Crippen LogP contribution in [0.25, 0.3) is 0 Å². The molecule has 2 amide bonds. The maximum atomic E-state index is 13.2. The van der Waals surface area contributed by atoms with Crippen molar-refractivity contribution in [1.29, 1.82) is 0 Å². The number of hydrogen-bond acceptors (Lipinski definition) is 4. The van der Waals surface area contributed by atoms with Crippen molar-refractivity contribution in [2.45, 2.75) is 25.3 Å². The number of pyridine rings is 1. The fraction of sp³-hybridized carbons (Fsp3) is 0.296. The van der Waals surface area contributed by atoms with Crippen molar-refractivity contribution in [3.63, 3.8) is 0 Å². The van der Waals surface area contributed by atoms with E-state index >= 15 is 0 Å². The Morgan fingerprint density at radius 3 is 2.47 bits per heavy atom. The van der Waals surface area contributed by atoms with Gasteiger partial charge >= 0.3 is 0 Å². The van der Waals surface area contributed by atoms with Gasteiger partial charge in [0, 0.05) is 36.8 Å². The lowest BCUT2D eigenvalue weighted by Crippen LogP contribution is -2.49. The number of aromatic nitrogens is 1. The number of likely N-dealkylation sites (tertiary alicyclic amines) is 1. The number of benzene rings is 2. The van der Waals surface area contributed by atoms with Gasteiger partial charge in [-0.25, -0.2) is 0 Å².